The van der Waals surface area contributed by atoms with Crippen LogP contribution in [0.1, 0.15) is 19.3 Å². The van der Waals surface area contributed by atoms with E-state index >= 15 is 0 Å². The predicted octanol–water partition coefficient (Wildman–Crippen LogP) is 1.08. The maximum atomic E-state index is 8.55. The third kappa shape index (κ3) is 2.93. The molecule has 0 aromatic heterocycles. The van der Waals surface area contributed by atoms with Crippen molar-refractivity contribution >= 4 is 0 Å². The van der Waals surface area contributed by atoms with E-state index < -0.39 is 0 Å². The van der Waals surface area contributed by atoms with Gasteiger partial charge >= 0.3 is 0 Å². The first-order valence-corrected chi connectivity index (χ1v) is 4.37. The van der Waals surface area contributed by atoms with Crippen LogP contribution in [0.4, 0.5) is 0 Å². The van der Waals surface area contributed by atoms with Crippen LogP contribution in [0.25, 0.3) is 0 Å². The van der Waals surface area contributed by atoms with Crippen LogP contribution >= 0.6 is 0 Å². The molecule has 0 amide bonds. The molecule has 0 spiro atoms. The van der Waals surface area contributed by atoms with E-state index in [4.69, 9.17) is 14.6 Å². The highest BCUT2D eigenvalue weighted by atomic mass is 16.7. The highest BCUT2D eigenvalue weighted by Crippen LogP contribution is 2.16. The fourth-order valence-corrected chi connectivity index (χ4v) is 1.23. The average molecular weight is 172 g/mol. The van der Waals surface area contributed by atoms with Gasteiger partial charge in [-0.3, -0.25) is 0 Å². The molecule has 1 aliphatic heterocycles. The smallest absolute Gasteiger partial charge is 0.177 e. The molecule has 0 radical (unpaired) electrons. The standard InChI is InChI=1S/C9H16O3/c1-2-9-11-7-8(12-9)5-3-4-6-10/h2,8-10H,1,3-7H2. The van der Waals surface area contributed by atoms with Crippen molar-refractivity contribution in [3.05, 3.63) is 12.7 Å². The summed E-state index contributed by atoms with van der Waals surface area (Å²) in [4.78, 5) is 0. The summed E-state index contributed by atoms with van der Waals surface area (Å²) in [5.41, 5.74) is 0. The molecular formula is C9H16O3. The number of ether oxygens (including phenoxy) is 2. The molecule has 3 nitrogen and oxygen atoms in total. The third-order valence-electron chi connectivity index (χ3n) is 1.90. The van der Waals surface area contributed by atoms with E-state index in [9.17, 15) is 0 Å². The van der Waals surface area contributed by atoms with Gasteiger partial charge in [-0.2, -0.15) is 0 Å². The van der Waals surface area contributed by atoms with Gasteiger partial charge in [0.05, 0.1) is 12.7 Å². The molecule has 1 heterocycles. The fraction of sp³-hybridized carbons (Fsp3) is 0.778. The van der Waals surface area contributed by atoms with Crippen LogP contribution in [0.5, 0.6) is 0 Å². The first kappa shape index (κ1) is 9.71. The Morgan fingerprint density at radius 2 is 2.33 bits per heavy atom. The van der Waals surface area contributed by atoms with Crippen molar-refractivity contribution in [3.63, 3.8) is 0 Å². The van der Waals surface area contributed by atoms with Crippen molar-refractivity contribution in [2.24, 2.45) is 0 Å². The molecule has 0 aromatic carbocycles. The Hall–Kier alpha value is -0.380. The summed E-state index contributed by atoms with van der Waals surface area (Å²) in [7, 11) is 0. The van der Waals surface area contributed by atoms with E-state index in [0.717, 1.165) is 19.3 Å². The number of aliphatic hydroxyl groups excluding tert-OH is 1. The number of hydrogen-bond acceptors (Lipinski definition) is 3. The molecule has 70 valence electrons. The zero-order valence-corrected chi connectivity index (χ0v) is 7.24. The zero-order valence-electron chi connectivity index (χ0n) is 7.24. The maximum Gasteiger partial charge on any atom is 0.177 e. The molecule has 0 aliphatic carbocycles. The summed E-state index contributed by atoms with van der Waals surface area (Å²) in [5.74, 6) is 0. The van der Waals surface area contributed by atoms with Crippen molar-refractivity contribution in [2.75, 3.05) is 13.2 Å². The van der Waals surface area contributed by atoms with Crippen LogP contribution in [0, 0.1) is 0 Å². The molecule has 1 aliphatic rings. The lowest BCUT2D eigenvalue weighted by molar-refractivity contribution is -0.0210. The fourth-order valence-electron chi connectivity index (χ4n) is 1.23. The number of rotatable bonds is 5. The highest BCUT2D eigenvalue weighted by molar-refractivity contribution is 4.78. The Kier molecular flexibility index (Phi) is 4.29. The molecule has 12 heavy (non-hydrogen) atoms. The number of unbranched alkanes of at least 4 members (excludes halogenated alkanes) is 1. The topological polar surface area (TPSA) is 38.7 Å². The lowest BCUT2D eigenvalue weighted by Crippen LogP contribution is -2.10. The molecule has 0 aromatic rings. The van der Waals surface area contributed by atoms with E-state index in [0.29, 0.717) is 6.61 Å². The van der Waals surface area contributed by atoms with Crippen LogP contribution in [0.3, 0.4) is 0 Å². The van der Waals surface area contributed by atoms with Crippen LogP contribution < -0.4 is 0 Å². The van der Waals surface area contributed by atoms with Crippen molar-refractivity contribution in [2.45, 2.75) is 31.7 Å². The van der Waals surface area contributed by atoms with Gasteiger partial charge in [0, 0.05) is 6.61 Å². The van der Waals surface area contributed by atoms with Crippen molar-refractivity contribution in [3.8, 4) is 0 Å². The van der Waals surface area contributed by atoms with E-state index in [1.165, 1.54) is 0 Å². The zero-order chi connectivity index (χ0) is 8.81. The summed E-state index contributed by atoms with van der Waals surface area (Å²) < 4.78 is 10.7. The van der Waals surface area contributed by atoms with Gasteiger partial charge in [0.25, 0.3) is 0 Å². The highest BCUT2D eigenvalue weighted by Gasteiger charge is 2.22. The summed E-state index contributed by atoms with van der Waals surface area (Å²) in [6, 6.07) is 0. The van der Waals surface area contributed by atoms with Crippen molar-refractivity contribution in [1.29, 1.82) is 0 Å². The summed E-state index contributed by atoms with van der Waals surface area (Å²) in [6.45, 7) is 4.50. The largest absolute Gasteiger partial charge is 0.396 e. The van der Waals surface area contributed by atoms with Gasteiger partial charge in [-0.25, -0.2) is 0 Å². The molecule has 0 bridgehead atoms. The lowest BCUT2D eigenvalue weighted by atomic mass is 10.2. The van der Waals surface area contributed by atoms with E-state index in [2.05, 4.69) is 6.58 Å². The van der Waals surface area contributed by atoms with Gasteiger partial charge in [0.15, 0.2) is 6.29 Å². The third-order valence-corrected chi connectivity index (χ3v) is 1.90. The minimum atomic E-state index is -0.218. The molecule has 3 heteroatoms. The van der Waals surface area contributed by atoms with Crippen LogP contribution in [-0.4, -0.2) is 30.7 Å². The lowest BCUT2D eigenvalue weighted by Gasteiger charge is -2.07. The van der Waals surface area contributed by atoms with Gasteiger partial charge in [0.1, 0.15) is 0 Å². The molecule has 1 N–H and O–H groups in total. The van der Waals surface area contributed by atoms with E-state index in [1.807, 2.05) is 0 Å². The normalized spacial score (nSPS) is 29.1. The molecule has 1 rings (SSSR count). The molecule has 1 fully saturated rings. The summed E-state index contributed by atoms with van der Waals surface area (Å²) in [5, 5.41) is 8.55. The monoisotopic (exact) mass is 172 g/mol. The second kappa shape index (κ2) is 5.30. The summed E-state index contributed by atoms with van der Waals surface area (Å²) in [6.07, 6.45) is 4.44. The minimum absolute atomic E-state index is 0.194. The Morgan fingerprint density at radius 1 is 1.50 bits per heavy atom. The SMILES string of the molecule is C=CC1OCC(CCCCO)O1. The second-order valence-corrected chi connectivity index (χ2v) is 2.91. The Labute approximate surface area is 73.0 Å². The molecule has 1 saturated heterocycles. The van der Waals surface area contributed by atoms with Crippen LogP contribution in [0.2, 0.25) is 0 Å². The van der Waals surface area contributed by atoms with Crippen molar-refractivity contribution < 1.29 is 14.6 Å². The van der Waals surface area contributed by atoms with Gasteiger partial charge in [-0.1, -0.05) is 6.58 Å². The quantitative estimate of drug-likeness (QED) is 0.498. The van der Waals surface area contributed by atoms with Crippen molar-refractivity contribution in [1.82, 2.24) is 0 Å². The van der Waals surface area contributed by atoms with Crippen LogP contribution in [-0.2, 0) is 9.47 Å². The second-order valence-electron chi connectivity index (χ2n) is 2.91. The average Bonchev–Trinajstić information content (AvgIpc) is 2.53. The number of aliphatic hydroxyl groups is 1. The Bertz CT molecular complexity index is 136. The molecular weight excluding hydrogens is 156 g/mol. The van der Waals surface area contributed by atoms with E-state index in [-0.39, 0.29) is 19.0 Å². The first-order chi connectivity index (χ1) is 5.86. The van der Waals surface area contributed by atoms with Gasteiger partial charge in [0.2, 0.25) is 0 Å². The van der Waals surface area contributed by atoms with Gasteiger partial charge < -0.3 is 14.6 Å². The van der Waals surface area contributed by atoms with Gasteiger partial charge in [-0.15, -0.1) is 0 Å². The van der Waals surface area contributed by atoms with Crippen LogP contribution in [0.15, 0.2) is 12.7 Å². The molecule has 2 unspecified atom stereocenters. The minimum Gasteiger partial charge on any atom is -0.396 e. The van der Waals surface area contributed by atoms with E-state index in [1.54, 1.807) is 6.08 Å². The predicted molar refractivity (Wildman–Crippen MR) is 45.7 cm³/mol. The molecule has 0 saturated carbocycles. The summed E-state index contributed by atoms with van der Waals surface area (Å²) >= 11 is 0. The van der Waals surface area contributed by atoms with Gasteiger partial charge in [-0.05, 0) is 25.3 Å². The number of hydrogen-bond donors (Lipinski definition) is 1. The Morgan fingerprint density at radius 3 is 2.92 bits per heavy atom. The first-order valence-electron chi connectivity index (χ1n) is 4.37. The maximum absolute atomic E-state index is 8.55. The molecule has 2 atom stereocenters. The Balaban J connectivity index is 2.06.